The van der Waals surface area contributed by atoms with E-state index in [9.17, 15) is 0 Å². The molecule has 4 nitrogen and oxygen atoms in total. The van der Waals surface area contributed by atoms with Gasteiger partial charge in [0, 0.05) is 19.6 Å². The molecule has 110 valence electrons. The zero-order chi connectivity index (χ0) is 14.6. The van der Waals surface area contributed by atoms with Gasteiger partial charge in [0.15, 0.2) is 5.84 Å². The van der Waals surface area contributed by atoms with Crippen molar-refractivity contribution in [1.82, 2.24) is 4.90 Å². The van der Waals surface area contributed by atoms with Crippen molar-refractivity contribution in [2.45, 2.75) is 31.1 Å². The summed E-state index contributed by atoms with van der Waals surface area (Å²) < 4.78 is -0.196. The first-order chi connectivity index (χ1) is 9.59. The third-order valence-electron chi connectivity index (χ3n) is 4.16. The van der Waals surface area contributed by atoms with Crippen molar-refractivity contribution in [3.63, 3.8) is 0 Å². The van der Waals surface area contributed by atoms with Gasteiger partial charge in [-0.05, 0) is 31.6 Å². The summed E-state index contributed by atoms with van der Waals surface area (Å²) in [6, 6.07) is 8.69. The van der Waals surface area contributed by atoms with E-state index in [4.69, 9.17) is 10.9 Å². The highest BCUT2D eigenvalue weighted by molar-refractivity contribution is 8.00. The molecule has 0 radical (unpaired) electrons. The van der Waals surface area contributed by atoms with Crippen molar-refractivity contribution < 1.29 is 5.21 Å². The van der Waals surface area contributed by atoms with E-state index in [2.05, 4.69) is 41.2 Å². The second kappa shape index (κ2) is 6.50. The summed E-state index contributed by atoms with van der Waals surface area (Å²) in [5.74, 6) is 0.361. The van der Waals surface area contributed by atoms with E-state index in [-0.39, 0.29) is 4.75 Å². The number of oxime groups is 1. The number of benzene rings is 1. The lowest BCUT2D eigenvalue weighted by molar-refractivity contribution is 0.209. The summed E-state index contributed by atoms with van der Waals surface area (Å²) in [5, 5.41) is 12.2. The van der Waals surface area contributed by atoms with Crippen LogP contribution in [0.1, 0.15) is 24.0 Å². The van der Waals surface area contributed by atoms with Crippen LogP contribution in [0.4, 0.5) is 0 Å². The van der Waals surface area contributed by atoms with E-state index in [0.29, 0.717) is 5.84 Å². The lowest BCUT2D eigenvalue weighted by Crippen LogP contribution is -2.49. The number of thioether (sulfide) groups is 1. The molecule has 0 unspecified atom stereocenters. The van der Waals surface area contributed by atoms with Gasteiger partial charge in [0.05, 0.1) is 4.75 Å². The van der Waals surface area contributed by atoms with Gasteiger partial charge in [0.25, 0.3) is 0 Å². The molecule has 1 aliphatic heterocycles. The van der Waals surface area contributed by atoms with Crippen LogP contribution in [0.25, 0.3) is 0 Å². The van der Waals surface area contributed by atoms with Gasteiger partial charge < -0.3 is 10.9 Å². The third-order valence-corrected chi connectivity index (χ3v) is 5.55. The summed E-state index contributed by atoms with van der Waals surface area (Å²) in [5.41, 5.74) is 8.50. The van der Waals surface area contributed by atoms with Gasteiger partial charge in [0.2, 0.25) is 0 Å². The van der Waals surface area contributed by atoms with Crippen LogP contribution in [0.3, 0.4) is 0 Å². The maximum atomic E-state index is 8.95. The monoisotopic (exact) mass is 293 g/mol. The predicted octanol–water partition coefficient (Wildman–Crippen LogP) is 2.44. The molecule has 1 fully saturated rings. The number of hydrogen-bond acceptors (Lipinski definition) is 4. The fraction of sp³-hybridized carbons (Fsp3) is 0.533. The second-order valence-electron chi connectivity index (χ2n) is 5.45. The predicted molar refractivity (Wildman–Crippen MR) is 85.3 cm³/mol. The van der Waals surface area contributed by atoms with E-state index in [1.54, 1.807) is 11.8 Å². The van der Waals surface area contributed by atoms with Gasteiger partial charge in [-0.25, -0.2) is 0 Å². The highest BCUT2D eigenvalue weighted by atomic mass is 32.2. The SMILES string of the molecule is CSC1(C(N)=NO)CCN(Cc2ccc(C)cc2)CC1. The number of piperidine rings is 1. The summed E-state index contributed by atoms with van der Waals surface area (Å²) in [6.07, 6.45) is 3.89. The van der Waals surface area contributed by atoms with Gasteiger partial charge in [0.1, 0.15) is 0 Å². The number of rotatable bonds is 4. The normalized spacial score (nSPS) is 20.0. The van der Waals surface area contributed by atoms with Crippen molar-refractivity contribution in [3.8, 4) is 0 Å². The standard InChI is InChI=1S/C15H23N3OS/c1-12-3-5-13(6-4-12)11-18-9-7-15(20-2,8-10-18)14(16)17-19/h3-6,19H,7-11H2,1-2H3,(H2,16,17). The lowest BCUT2D eigenvalue weighted by Gasteiger charge is -2.39. The molecule has 2 rings (SSSR count). The molecule has 1 saturated heterocycles. The molecule has 3 N–H and O–H groups in total. The molecule has 0 atom stereocenters. The van der Waals surface area contributed by atoms with Crippen molar-refractivity contribution in [1.29, 1.82) is 0 Å². The minimum absolute atomic E-state index is 0.196. The quantitative estimate of drug-likeness (QED) is 0.387. The Kier molecular flexibility index (Phi) is 4.94. The van der Waals surface area contributed by atoms with Gasteiger partial charge in [-0.2, -0.15) is 11.8 Å². The van der Waals surface area contributed by atoms with Gasteiger partial charge in [-0.3, -0.25) is 4.90 Å². The summed E-state index contributed by atoms with van der Waals surface area (Å²) in [7, 11) is 0. The maximum absolute atomic E-state index is 8.95. The summed E-state index contributed by atoms with van der Waals surface area (Å²) in [4.78, 5) is 2.43. The first-order valence-corrected chi connectivity index (χ1v) is 8.13. The fourth-order valence-corrected chi connectivity index (χ4v) is 3.52. The minimum Gasteiger partial charge on any atom is -0.409 e. The van der Waals surface area contributed by atoms with Crippen LogP contribution in [0.5, 0.6) is 0 Å². The van der Waals surface area contributed by atoms with Crippen LogP contribution < -0.4 is 5.73 Å². The molecule has 1 aromatic carbocycles. The highest BCUT2D eigenvalue weighted by Crippen LogP contribution is 2.35. The molecule has 0 aliphatic carbocycles. The maximum Gasteiger partial charge on any atom is 0.155 e. The third kappa shape index (κ3) is 3.27. The Balaban J connectivity index is 1.95. The molecular weight excluding hydrogens is 270 g/mol. The van der Waals surface area contributed by atoms with Gasteiger partial charge in [-0.15, -0.1) is 0 Å². The van der Waals surface area contributed by atoms with Crippen LogP contribution in [0, 0.1) is 6.92 Å². The topological polar surface area (TPSA) is 61.9 Å². The van der Waals surface area contributed by atoms with Crippen LogP contribution in [-0.4, -0.2) is 40.0 Å². The fourth-order valence-electron chi connectivity index (χ4n) is 2.68. The molecule has 0 bridgehead atoms. The zero-order valence-electron chi connectivity index (χ0n) is 12.2. The molecule has 1 aromatic rings. The van der Waals surface area contributed by atoms with Crippen molar-refractivity contribution in [3.05, 3.63) is 35.4 Å². The zero-order valence-corrected chi connectivity index (χ0v) is 13.0. The minimum atomic E-state index is -0.196. The average Bonchev–Trinajstić information content (AvgIpc) is 2.50. The van der Waals surface area contributed by atoms with E-state index in [1.807, 2.05) is 6.26 Å². The van der Waals surface area contributed by atoms with Crippen molar-refractivity contribution in [2.75, 3.05) is 19.3 Å². The molecule has 5 heteroatoms. The van der Waals surface area contributed by atoms with Gasteiger partial charge >= 0.3 is 0 Å². The van der Waals surface area contributed by atoms with Crippen molar-refractivity contribution >= 4 is 17.6 Å². The molecule has 0 spiro atoms. The van der Waals surface area contributed by atoms with Gasteiger partial charge in [-0.1, -0.05) is 35.0 Å². The molecule has 20 heavy (non-hydrogen) atoms. The Morgan fingerprint density at radius 1 is 1.35 bits per heavy atom. The molecule has 0 amide bonds. The molecule has 0 aromatic heterocycles. The smallest absolute Gasteiger partial charge is 0.155 e. The number of hydrogen-bond donors (Lipinski definition) is 2. The first kappa shape index (κ1) is 15.2. The average molecular weight is 293 g/mol. The number of aryl methyl sites for hydroxylation is 1. The summed E-state index contributed by atoms with van der Waals surface area (Å²) >= 11 is 1.69. The number of nitrogens with two attached hydrogens (primary N) is 1. The van der Waals surface area contributed by atoms with E-state index in [1.165, 1.54) is 11.1 Å². The second-order valence-corrected chi connectivity index (χ2v) is 6.64. The van der Waals surface area contributed by atoms with E-state index < -0.39 is 0 Å². The van der Waals surface area contributed by atoms with Crippen LogP contribution in [0.2, 0.25) is 0 Å². The molecular formula is C15H23N3OS. The lowest BCUT2D eigenvalue weighted by atomic mass is 9.94. The first-order valence-electron chi connectivity index (χ1n) is 6.91. The number of likely N-dealkylation sites (tertiary alicyclic amines) is 1. The summed E-state index contributed by atoms with van der Waals surface area (Å²) in [6.45, 7) is 5.03. The molecule has 1 aliphatic rings. The van der Waals surface area contributed by atoms with Crippen LogP contribution >= 0.6 is 11.8 Å². The Morgan fingerprint density at radius 2 is 1.95 bits per heavy atom. The Bertz CT molecular complexity index is 465. The Morgan fingerprint density at radius 3 is 2.45 bits per heavy atom. The largest absolute Gasteiger partial charge is 0.409 e. The molecule has 0 saturated carbocycles. The number of nitrogens with zero attached hydrogens (tertiary/aromatic N) is 2. The van der Waals surface area contributed by atoms with E-state index in [0.717, 1.165) is 32.5 Å². The number of amidine groups is 1. The van der Waals surface area contributed by atoms with Crippen molar-refractivity contribution in [2.24, 2.45) is 10.9 Å². The highest BCUT2D eigenvalue weighted by Gasteiger charge is 2.38. The Hall–Kier alpha value is -1.20. The molecule has 1 heterocycles. The Labute approximate surface area is 125 Å². The van der Waals surface area contributed by atoms with Crippen LogP contribution in [-0.2, 0) is 6.54 Å². The van der Waals surface area contributed by atoms with Crippen LogP contribution in [0.15, 0.2) is 29.4 Å². The van der Waals surface area contributed by atoms with E-state index >= 15 is 0 Å².